The Kier molecular flexibility index (Phi) is 5.66. The Balaban J connectivity index is 3.68. The minimum atomic E-state index is -0.251. The van der Waals surface area contributed by atoms with Crippen molar-refractivity contribution in [1.82, 2.24) is 0 Å². The van der Waals surface area contributed by atoms with Crippen LogP contribution in [0, 0.1) is 0 Å². The first-order valence-corrected chi connectivity index (χ1v) is 4.85. The van der Waals surface area contributed by atoms with Crippen LogP contribution in [0.1, 0.15) is 26.7 Å². The fourth-order valence-corrected chi connectivity index (χ4v) is 1.02. The minimum Gasteiger partial charge on any atom is -0.299 e. The molecule has 0 rings (SSSR count). The van der Waals surface area contributed by atoms with Gasteiger partial charge in [0.15, 0.2) is 0 Å². The molecule has 0 heterocycles. The fourth-order valence-electron chi connectivity index (χ4n) is 0.722. The van der Waals surface area contributed by atoms with Gasteiger partial charge in [0.2, 0.25) is 0 Å². The van der Waals surface area contributed by atoms with Gasteiger partial charge in [0.25, 0.3) is 0 Å². The Bertz CT molecular complexity index is 160. The van der Waals surface area contributed by atoms with Crippen molar-refractivity contribution >= 4 is 36.8 Å². The highest BCUT2D eigenvalue weighted by Gasteiger charge is 2.13. The maximum Gasteiger partial charge on any atom is 0.142 e. The van der Waals surface area contributed by atoms with Crippen LogP contribution in [-0.2, 0) is 9.59 Å². The summed E-state index contributed by atoms with van der Waals surface area (Å²) in [4.78, 5) is 21.5. The third-order valence-electron chi connectivity index (χ3n) is 1.65. The number of Topliss-reactive ketones (excluding diaryl/α,β-unsaturated/α-hetero) is 2. The summed E-state index contributed by atoms with van der Waals surface area (Å²) in [6, 6.07) is 0. The van der Waals surface area contributed by atoms with Crippen molar-refractivity contribution < 1.29 is 9.59 Å². The van der Waals surface area contributed by atoms with E-state index in [9.17, 15) is 9.59 Å². The Labute approximate surface area is 83.9 Å². The van der Waals surface area contributed by atoms with Crippen LogP contribution in [0.15, 0.2) is 0 Å². The van der Waals surface area contributed by atoms with Gasteiger partial charge >= 0.3 is 0 Å². The molecule has 4 heteroatoms. The molecule has 0 aromatic carbocycles. The number of hydrogen-bond acceptors (Lipinski definition) is 4. The van der Waals surface area contributed by atoms with Gasteiger partial charge in [-0.05, 0) is 26.7 Å². The lowest BCUT2D eigenvalue weighted by molar-refractivity contribution is -0.118. The van der Waals surface area contributed by atoms with E-state index in [1.54, 1.807) is 0 Å². The molecule has 0 aromatic heterocycles. The highest BCUT2D eigenvalue weighted by molar-refractivity contribution is 7.82. The van der Waals surface area contributed by atoms with Gasteiger partial charge in [0, 0.05) is 0 Å². The maximum atomic E-state index is 10.7. The highest BCUT2D eigenvalue weighted by atomic mass is 32.1. The minimum absolute atomic E-state index is 0.0439. The van der Waals surface area contributed by atoms with Gasteiger partial charge in [-0.2, -0.15) is 25.3 Å². The maximum absolute atomic E-state index is 10.7. The average molecular weight is 206 g/mol. The van der Waals surface area contributed by atoms with Crippen LogP contribution in [0.3, 0.4) is 0 Å². The van der Waals surface area contributed by atoms with E-state index in [1.807, 2.05) is 0 Å². The van der Waals surface area contributed by atoms with E-state index >= 15 is 0 Å². The molecule has 0 saturated carbocycles. The molecule has 0 aliphatic heterocycles. The molecule has 0 saturated heterocycles. The number of carbonyl (C=O) groups excluding carboxylic acids is 2. The van der Waals surface area contributed by atoms with E-state index < -0.39 is 0 Å². The zero-order valence-corrected chi connectivity index (χ0v) is 9.07. The lowest BCUT2D eigenvalue weighted by Gasteiger charge is -2.09. The Hall–Kier alpha value is 0.0400. The van der Waals surface area contributed by atoms with Crippen molar-refractivity contribution in [3.63, 3.8) is 0 Å². The second-order valence-electron chi connectivity index (χ2n) is 2.83. The third-order valence-corrected chi connectivity index (χ3v) is 2.90. The van der Waals surface area contributed by atoms with Crippen molar-refractivity contribution in [1.29, 1.82) is 0 Å². The summed E-state index contributed by atoms with van der Waals surface area (Å²) in [6.07, 6.45) is 1.23. The first-order valence-electron chi connectivity index (χ1n) is 3.82. The van der Waals surface area contributed by atoms with Crippen LogP contribution >= 0.6 is 25.3 Å². The van der Waals surface area contributed by atoms with Crippen molar-refractivity contribution in [2.24, 2.45) is 0 Å². The van der Waals surface area contributed by atoms with Gasteiger partial charge < -0.3 is 0 Å². The van der Waals surface area contributed by atoms with Crippen LogP contribution < -0.4 is 0 Å². The van der Waals surface area contributed by atoms with E-state index in [0.29, 0.717) is 12.8 Å². The molecule has 0 N–H and O–H groups in total. The highest BCUT2D eigenvalue weighted by Crippen LogP contribution is 2.12. The predicted molar refractivity (Wildman–Crippen MR) is 56.1 cm³/mol. The molecule has 0 aliphatic carbocycles. The Morgan fingerprint density at radius 1 is 1.00 bits per heavy atom. The Morgan fingerprint density at radius 3 is 1.42 bits per heavy atom. The molecule has 0 aliphatic rings. The monoisotopic (exact) mass is 206 g/mol. The summed E-state index contributed by atoms with van der Waals surface area (Å²) >= 11 is 8.15. The van der Waals surface area contributed by atoms with Crippen molar-refractivity contribution in [3.8, 4) is 0 Å². The normalized spacial score (nSPS) is 15.3. The van der Waals surface area contributed by atoms with Crippen molar-refractivity contribution in [2.45, 2.75) is 37.2 Å². The zero-order chi connectivity index (χ0) is 9.72. The second kappa shape index (κ2) is 5.65. The van der Waals surface area contributed by atoms with Crippen LogP contribution in [0.5, 0.6) is 0 Å². The van der Waals surface area contributed by atoms with Crippen molar-refractivity contribution in [2.75, 3.05) is 0 Å². The number of ketones is 2. The fraction of sp³-hybridized carbons (Fsp3) is 0.750. The number of hydrogen-bond donors (Lipinski definition) is 2. The number of rotatable bonds is 5. The molecule has 2 unspecified atom stereocenters. The summed E-state index contributed by atoms with van der Waals surface area (Å²) in [5.41, 5.74) is 0. The zero-order valence-electron chi connectivity index (χ0n) is 7.28. The Morgan fingerprint density at radius 2 is 1.25 bits per heavy atom. The standard InChI is InChI=1S/C8H14O2S2/c1-5(9)7(11)3-4-8(12)6(2)10/h7-8,11-12H,3-4H2,1-2H3. The second-order valence-corrected chi connectivity index (χ2v) is 4.08. The van der Waals surface area contributed by atoms with Crippen LogP contribution in [0.2, 0.25) is 0 Å². The summed E-state index contributed by atoms with van der Waals surface area (Å²) in [7, 11) is 0. The summed E-state index contributed by atoms with van der Waals surface area (Å²) < 4.78 is 0. The molecule has 0 bridgehead atoms. The number of carbonyl (C=O) groups is 2. The number of thiol groups is 2. The van der Waals surface area contributed by atoms with Gasteiger partial charge in [-0.3, -0.25) is 9.59 Å². The SMILES string of the molecule is CC(=O)C(S)CCC(S)C(C)=O. The van der Waals surface area contributed by atoms with Crippen LogP contribution in [0.4, 0.5) is 0 Å². The summed E-state index contributed by atoms with van der Waals surface area (Å²) in [5, 5.41) is -0.502. The van der Waals surface area contributed by atoms with E-state index in [0.717, 1.165) is 0 Å². The molecule has 0 radical (unpaired) electrons. The van der Waals surface area contributed by atoms with Gasteiger partial charge in [-0.15, -0.1) is 0 Å². The molecule has 2 atom stereocenters. The molecule has 0 spiro atoms. The molecule has 0 aromatic rings. The lowest BCUT2D eigenvalue weighted by Crippen LogP contribution is -2.16. The average Bonchev–Trinajstić information content (AvgIpc) is 1.98. The summed E-state index contributed by atoms with van der Waals surface area (Å²) in [5.74, 6) is 0.0878. The van der Waals surface area contributed by atoms with Crippen molar-refractivity contribution in [3.05, 3.63) is 0 Å². The molecule has 0 fully saturated rings. The molecule has 12 heavy (non-hydrogen) atoms. The molecule has 70 valence electrons. The molecule has 2 nitrogen and oxygen atoms in total. The topological polar surface area (TPSA) is 34.1 Å². The molecular weight excluding hydrogens is 192 g/mol. The van der Waals surface area contributed by atoms with E-state index in [2.05, 4.69) is 25.3 Å². The van der Waals surface area contributed by atoms with E-state index in [1.165, 1.54) is 13.8 Å². The quantitative estimate of drug-likeness (QED) is 0.669. The van der Waals surface area contributed by atoms with E-state index in [-0.39, 0.29) is 22.1 Å². The summed E-state index contributed by atoms with van der Waals surface area (Å²) in [6.45, 7) is 3.00. The smallest absolute Gasteiger partial charge is 0.142 e. The molecule has 0 amide bonds. The lowest BCUT2D eigenvalue weighted by atomic mass is 10.1. The first kappa shape index (κ1) is 12.0. The van der Waals surface area contributed by atoms with Crippen LogP contribution in [-0.4, -0.2) is 22.1 Å². The van der Waals surface area contributed by atoms with E-state index in [4.69, 9.17) is 0 Å². The van der Waals surface area contributed by atoms with Crippen LogP contribution in [0.25, 0.3) is 0 Å². The largest absolute Gasteiger partial charge is 0.299 e. The van der Waals surface area contributed by atoms with Gasteiger partial charge in [0.1, 0.15) is 11.6 Å². The van der Waals surface area contributed by atoms with Gasteiger partial charge in [-0.1, -0.05) is 0 Å². The molecular formula is C8H14O2S2. The predicted octanol–water partition coefficient (Wildman–Crippen LogP) is 1.54. The van der Waals surface area contributed by atoms with Gasteiger partial charge in [0.05, 0.1) is 10.5 Å². The third kappa shape index (κ3) is 4.83. The first-order chi connectivity index (χ1) is 5.45. The van der Waals surface area contributed by atoms with Gasteiger partial charge in [-0.25, -0.2) is 0 Å².